The van der Waals surface area contributed by atoms with Gasteiger partial charge < -0.3 is 0 Å². The first-order chi connectivity index (χ1) is 0. The molecule has 0 saturated heterocycles. The van der Waals surface area contributed by atoms with E-state index in [1.807, 2.05) is 0 Å². The first kappa shape index (κ1) is 106. The van der Waals surface area contributed by atoms with Crippen molar-refractivity contribution in [3.05, 3.63) is 0 Å². The Bertz CT molecular complexity index is 11.0. The van der Waals surface area contributed by atoms with Gasteiger partial charge in [0.05, 0.1) is 0 Å². The third-order valence-corrected chi connectivity index (χ3v) is 0. The van der Waals surface area contributed by atoms with E-state index in [2.05, 4.69) is 0 Å². The van der Waals surface area contributed by atoms with Gasteiger partial charge in [-0.15, -0.1) is 74.4 Å². The van der Waals surface area contributed by atoms with Crippen LogP contribution < -0.4 is 59.1 Å². The first-order valence-electron chi connectivity index (χ1n) is 0. The van der Waals surface area contributed by atoms with Gasteiger partial charge in [0.1, 0.15) is 0 Å². The van der Waals surface area contributed by atoms with Gasteiger partial charge in [-0.3, -0.25) is 0 Å². The van der Waals surface area contributed by atoms with Crippen molar-refractivity contribution in [2.24, 2.45) is 0 Å². The average molecular weight is 371 g/mol. The van der Waals surface area contributed by atoms with E-state index >= 15 is 0 Å². The van der Waals surface area contributed by atoms with Crippen LogP contribution in [0.3, 0.4) is 0 Å². The minimum absolute atomic E-state index is 0. The Balaban J connectivity index is 0. The fraction of sp³-hybridized carbons (Fsp3) is 0. The monoisotopic (exact) mass is 368 g/mol. The Morgan fingerprint density at radius 1 is 0.333 bits per heavy atom. The molecule has 0 saturated carbocycles. The summed E-state index contributed by atoms with van der Waals surface area (Å²) >= 11 is 0. The third kappa shape index (κ3) is 69.2. The maximum absolute atomic E-state index is 0. The molecule has 0 unspecified atom stereocenters. The molecule has 0 aliphatic carbocycles. The summed E-state index contributed by atoms with van der Waals surface area (Å²) in [7, 11) is 0. The van der Waals surface area contributed by atoms with Gasteiger partial charge in [0.2, 0.25) is 0 Å². The van der Waals surface area contributed by atoms with E-state index in [4.69, 9.17) is 0 Å². The second kappa shape index (κ2) is 83.2. The number of rotatable bonds is 0. The summed E-state index contributed by atoms with van der Waals surface area (Å²) in [5, 5.41) is 0. The van der Waals surface area contributed by atoms with Crippen LogP contribution in [0.1, 0.15) is 0 Å². The van der Waals surface area contributed by atoms with E-state index in [1.165, 1.54) is 0 Å². The van der Waals surface area contributed by atoms with Crippen molar-refractivity contribution in [2.75, 3.05) is 0 Å². The minimum Gasteiger partial charge on any atom is -0.147 e. The second-order valence-corrected chi connectivity index (χ2v) is 0. The third-order valence-electron chi connectivity index (χ3n) is 0. The molecule has 0 nitrogen and oxygen atoms in total. The quantitative estimate of drug-likeness (QED) is 0.389. The zero-order valence-corrected chi connectivity index (χ0v) is 15.2. The number of hydrogen-bond donors (Lipinski definition) is 0. The van der Waals surface area contributed by atoms with Gasteiger partial charge in [0.25, 0.3) is 0 Å². The zero-order chi connectivity index (χ0) is 0. The van der Waals surface area contributed by atoms with Crippen molar-refractivity contribution in [1.82, 2.24) is 0 Å². The molecule has 0 amide bonds. The van der Waals surface area contributed by atoms with Gasteiger partial charge >= 0.3 is 59.1 Å². The molecule has 58 valence electrons. The number of hydrogen-bond acceptors (Lipinski definition) is 0. The predicted octanol–water partition coefficient (Wildman–Crippen LogP) is -3.46. The maximum Gasteiger partial charge on any atom is 1.00 e. The van der Waals surface area contributed by atoms with Crippen molar-refractivity contribution < 1.29 is 79.5 Å². The fourth-order valence-electron chi connectivity index (χ4n) is 0. The van der Waals surface area contributed by atoms with Crippen LogP contribution in [0, 0.1) is 0 Å². The Kier molecular flexibility index (Phi) is 983. The molecule has 0 aromatic heterocycles. The SMILES string of the molecule is Cl.Cl.Cl.Cl.Cl.Cl.[Na+].[Na+].[Pd]. The van der Waals surface area contributed by atoms with Gasteiger partial charge in [0, 0.05) is 20.4 Å². The van der Waals surface area contributed by atoms with Crippen molar-refractivity contribution >= 4 is 74.4 Å². The molecule has 0 aromatic carbocycles. The van der Waals surface area contributed by atoms with E-state index in [0.717, 1.165) is 0 Å². The molecule has 9 heteroatoms. The van der Waals surface area contributed by atoms with E-state index in [1.54, 1.807) is 0 Å². The van der Waals surface area contributed by atoms with Crippen LogP contribution in [-0.2, 0) is 20.4 Å². The molecule has 0 aliphatic rings. The molecule has 0 bridgehead atoms. The van der Waals surface area contributed by atoms with E-state index in [0.29, 0.717) is 0 Å². The zero-order valence-electron chi connectivity index (χ0n) is 4.77. The molecule has 0 fully saturated rings. The molecule has 0 rings (SSSR count). The molecule has 0 aliphatic heterocycles. The van der Waals surface area contributed by atoms with E-state index in [-0.39, 0.29) is 154 Å². The van der Waals surface area contributed by atoms with Gasteiger partial charge in [-0.25, -0.2) is 0 Å². The van der Waals surface area contributed by atoms with Gasteiger partial charge in [0.15, 0.2) is 0 Å². The van der Waals surface area contributed by atoms with Crippen LogP contribution in [0.5, 0.6) is 0 Å². The molecule has 0 radical (unpaired) electrons. The van der Waals surface area contributed by atoms with E-state index < -0.39 is 0 Å². The van der Waals surface area contributed by atoms with Crippen LogP contribution in [-0.4, -0.2) is 0 Å². The molecule has 0 N–H and O–H groups in total. The maximum atomic E-state index is 0. The first-order valence-corrected chi connectivity index (χ1v) is 0. The van der Waals surface area contributed by atoms with Crippen molar-refractivity contribution in [3.8, 4) is 0 Å². The standard InChI is InChI=1S/6ClH.2Na.Pd/h6*1H;;;/q;;;;;;2*+1;. The van der Waals surface area contributed by atoms with Crippen molar-refractivity contribution in [2.45, 2.75) is 0 Å². The average Bonchev–Trinajstić information content (AvgIpc) is 0. The van der Waals surface area contributed by atoms with Crippen LogP contribution in [0.25, 0.3) is 0 Å². The van der Waals surface area contributed by atoms with Gasteiger partial charge in [-0.1, -0.05) is 0 Å². The van der Waals surface area contributed by atoms with E-state index in [9.17, 15) is 0 Å². The Morgan fingerprint density at radius 3 is 0.333 bits per heavy atom. The minimum atomic E-state index is 0. The Labute approximate surface area is 151 Å². The summed E-state index contributed by atoms with van der Waals surface area (Å²) in [6.45, 7) is 0. The second-order valence-electron chi connectivity index (χ2n) is 0. The van der Waals surface area contributed by atoms with Crippen LogP contribution in [0.15, 0.2) is 0 Å². The molecule has 0 heterocycles. The van der Waals surface area contributed by atoms with Crippen LogP contribution >= 0.6 is 74.4 Å². The predicted molar refractivity (Wildman–Crippen MR) is 43.5 cm³/mol. The Morgan fingerprint density at radius 2 is 0.333 bits per heavy atom. The topological polar surface area (TPSA) is 0 Å². The summed E-state index contributed by atoms with van der Waals surface area (Å²) in [5.41, 5.74) is 0. The fourth-order valence-corrected chi connectivity index (χ4v) is 0. The molecular weight excluding hydrogens is 365 g/mol. The van der Waals surface area contributed by atoms with Crippen LogP contribution in [0.2, 0.25) is 0 Å². The smallest absolute Gasteiger partial charge is 0.147 e. The summed E-state index contributed by atoms with van der Waals surface area (Å²) in [6.07, 6.45) is 0. The molecule has 0 aromatic rings. The normalized spacial score (nSPS) is 0. The summed E-state index contributed by atoms with van der Waals surface area (Å²) in [6, 6.07) is 0. The molecular formula is H6Cl6Na2Pd+2. The summed E-state index contributed by atoms with van der Waals surface area (Å²) in [5.74, 6) is 0. The van der Waals surface area contributed by atoms with Crippen molar-refractivity contribution in [3.63, 3.8) is 0 Å². The largest absolute Gasteiger partial charge is 1.00 e. The molecule has 0 spiro atoms. The van der Waals surface area contributed by atoms with Gasteiger partial charge in [-0.2, -0.15) is 0 Å². The molecule has 9 heavy (non-hydrogen) atoms. The Hall–Kier alpha value is 4.40. The molecule has 0 atom stereocenters. The van der Waals surface area contributed by atoms with Crippen LogP contribution in [0.4, 0.5) is 0 Å². The summed E-state index contributed by atoms with van der Waals surface area (Å²) in [4.78, 5) is 0. The number of halogens is 6. The van der Waals surface area contributed by atoms with Gasteiger partial charge in [-0.05, 0) is 0 Å². The summed E-state index contributed by atoms with van der Waals surface area (Å²) < 4.78 is 0. The van der Waals surface area contributed by atoms with Crippen molar-refractivity contribution in [1.29, 1.82) is 0 Å².